The van der Waals surface area contributed by atoms with Gasteiger partial charge in [-0.15, -0.1) is 0 Å². The summed E-state index contributed by atoms with van der Waals surface area (Å²) in [6.45, 7) is 3.95. The van der Waals surface area contributed by atoms with Crippen LogP contribution in [0.25, 0.3) is 0 Å². The number of nitrogens with zero attached hydrogens (tertiary/aromatic N) is 1. The molecule has 17 heavy (non-hydrogen) atoms. The average Bonchev–Trinajstić information content (AvgIpc) is 2.64. The predicted molar refractivity (Wildman–Crippen MR) is 57.1 cm³/mol. The summed E-state index contributed by atoms with van der Waals surface area (Å²) in [6.07, 6.45) is 2.77. The Morgan fingerprint density at radius 3 is 2.65 bits per heavy atom. The van der Waals surface area contributed by atoms with Gasteiger partial charge < -0.3 is 19.0 Å². The van der Waals surface area contributed by atoms with Crippen LogP contribution < -0.4 is 4.74 Å². The molecule has 1 fully saturated rings. The maximum Gasteiger partial charge on any atom is 0.394 e. The SMILES string of the molecule is CC1CC(Oc2nc(C(=O)O)co2)CC(C)O1. The van der Waals surface area contributed by atoms with Gasteiger partial charge in [0.05, 0.1) is 12.2 Å². The molecular formula is C11H15NO5. The van der Waals surface area contributed by atoms with Gasteiger partial charge in [-0.25, -0.2) is 4.79 Å². The zero-order chi connectivity index (χ0) is 12.4. The van der Waals surface area contributed by atoms with Gasteiger partial charge >= 0.3 is 12.0 Å². The lowest BCUT2D eigenvalue weighted by atomic mass is 10.0. The van der Waals surface area contributed by atoms with Gasteiger partial charge in [0.1, 0.15) is 12.4 Å². The first-order valence-corrected chi connectivity index (χ1v) is 5.55. The molecule has 0 bridgehead atoms. The van der Waals surface area contributed by atoms with Crippen LogP contribution in [-0.2, 0) is 4.74 Å². The summed E-state index contributed by atoms with van der Waals surface area (Å²) in [5.74, 6) is -1.13. The molecule has 2 rings (SSSR count). The number of carboxylic acid groups (broad SMARTS) is 1. The Morgan fingerprint density at radius 1 is 1.47 bits per heavy atom. The van der Waals surface area contributed by atoms with E-state index in [1.165, 1.54) is 0 Å². The summed E-state index contributed by atoms with van der Waals surface area (Å²) in [6, 6.07) is 0. The van der Waals surface area contributed by atoms with Crippen molar-refractivity contribution >= 4 is 5.97 Å². The van der Waals surface area contributed by atoms with Gasteiger partial charge in [0.15, 0.2) is 5.69 Å². The second-order valence-corrected chi connectivity index (χ2v) is 4.27. The normalized spacial score (nSPS) is 28.9. The number of aromatic nitrogens is 1. The lowest BCUT2D eigenvalue weighted by molar-refractivity contribution is -0.0772. The van der Waals surface area contributed by atoms with Crippen LogP contribution in [0.5, 0.6) is 6.08 Å². The minimum absolute atomic E-state index is 0.00806. The zero-order valence-electron chi connectivity index (χ0n) is 9.75. The molecule has 1 saturated heterocycles. The quantitative estimate of drug-likeness (QED) is 0.867. The summed E-state index contributed by atoms with van der Waals surface area (Å²) < 4.78 is 16.0. The van der Waals surface area contributed by atoms with Crippen LogP contribution in [0.1, 0.15) is 37.2 Å². The minimum atomic E-state index is -1.13. The molecule has 1 aliphatic rings. The summed E-state index contributed by atoms with van der Waals surface area (Å²) in [4.78, 5) is 14.3. The van der Waals surface area contributed by atoms with Gasteiger partial charge in [0.2, 0.25) is 0 Å². The highest BCUT2D eigenvalue weighted by atomic mass is 16.6. The first-order chi connectivity index (χ1) is 8.04. The first-order valence-electron chi connectivity index (χ1n) is 5.55. The lowest BCUT2D eigenvalue weighted by Gasteiger charge is -2.31. The first kappa shape index (κ1) is 11.9. The molecule has 1 aromatic heterocycles. The second kappa shape index (κ2) is 4.75. The Bertz CT molecular complexity index is 392. The van der Waals surface area contributed by atoms with E-state index in [2.05, 4.69) is 4.98 Å². The lowest BCUT2D eigenvalue weighted by Crippen LogP contribution is -2.35. The Balaban J connectivity index is 1.97. The van der Waals surface area contributed by atoms with Crippen molar-refractivity contribution in [3.05, 3.63) is 12.0 Å². The number of aromatic carboxylic acids is 1. The Labute approximate surface area is 98.5 Å². The molecule has 1 aliphatic heterocycles. The van der Waals surface area contributed by atoms with Crippen molar-refractivity contribution in [2.45, 2.75) is 45.0 Å². The third-order valence-corrected chi connectivity index (χ3v) is 2.62. The molecular weight excluding hydrogens is 226 g/mol. The summed E-state index contributed by atoms with van der Waals surface area (Å²) in [5, 5.41) is 8.69. The summed E-state index contributed by atoms with van der Waals surface area (Å²) >= 11 is 0. The van der Waals surface area contributed by atoms with Crippen molar-refractivity contribution in [2.24, 2.45) is 0 Å². The predicted octanol–water partition coefficient (Wildman–Crippen LogP) is 1.71. The van der Waals surface area contributed by atoms with E-state index in [-0.39, 0.29) is 30.1 Å². The van der Waals surface area contributed by atoms with E-state index in [1.807, 2.05) is 13.8 Å². The standard InChI is InChI=1S/C11H15NO5/c1-6-3-8(4-7(2)16-6)17-11-12-9(5-15-11)10(13)14/h5-8H,3-4H2,1-2H3,(H,13,14). The largest absolute Gasteiger partial charge is 0.476 e. The van der Waals surface area contributed by atoms with Gasteiger partial charge in [-0.3, -0.25) is 0 Å². The van der Waals surface area contributed by atoms with Crippen LogP contribution in [0.4, 0.5) is 0 Å². The molecule has 2 atom stereocenters. The van der Waals surface area contributed by atoms with Crippen molar-refractivity contribution in [1.82, 2.24) is 4.98 Å². The Morgan fingerprint density at radius 2 is 2.12 bits per heavy atom. The third-order valence-electron chi connectivity index (χ3n) is 2.62. The molecule has 0 saturated carbocycles. The van der Waals surface area contributed by atoms with Gasteiger partial charge in [-0.05, 0) is 13.8 Å². The fourth-order valence-electron chi connectivity index (χ4n) is 1.99. The van der Waals surface area contributed by atoms with Crippen molar-refractivity contribution in [3.63, 3.8) is 0 Å². The van der Waals surface area contributed by atoms with Crippen LogP contribution >= 0.6 is 0 Å². The fraction of sp³-hybridized carbons (Fsp3) is 0.636. The van der Waals surface area contributed by atoms with E-state index >= 15 is 0 Å². The van der Waals surface area contributed by atoms with Gasteiger partial charge in [0.25, 0.3) is 0 Å². The molecule has 0 aliphatic carbocycles. The van der Waals surface area contributed by atoms with Gasteiger partial charge in [0, 0.05) is 12.8 Å². The Hall–Kier alpha value is -1.56. The highest BCUT2D eigenvalue weighted by Crippen LogP contribution is 2.23. The Kier molecular flexibility index (Phi) is 3.33. The molecule has 6 heteroatoms. The molecule has 94 valence electrons. The third kappa shape index (κ3) is 2.97. The minimum Gasteiger partial charge on any atom is -0.476 e. The van der Waals surface area contributed by atoms with Crippen molar-refractivity contribution in [2.75, 3.05) is 0 Å². The maximum atomic E-state index is 10.6. The topological polar surface area (TPSA) is 81.8 Å². The molecule has 1 aromatic rings. The highest BCUT2D eigenvalue weighted by Gasteiger charge is 2.27. The maximum absolute atomic E-state index is 10.6. The molecule has 2 unspecified atom stereocenters. The van der Waals surface area contributed by atoms with Crippen LogP contribution in [0.15, 0.2) is 10.7 Å². The molecule has 0 spiro atoms. The molecule has 0 aromatic carbocycles. The van der Waals surface area contributed by atoms with Crippen molar-refractivity contribution < 1.29 is 23.8 Å². The number of ether oxygens (including phenoxy) is 2. The number of carbonyl (C=O) groups is 1. The second-order valence-electron chi connectivity index (χ2n) is 4.27. The molecule has 6 nitrogen and oxygen atoms in total. The molecule has 2 heterocycles. The summed E-state index contributed by atoms with van der Waals surface area (Å²) in [7, 11) is 0. The fourth-order valence-corrected chi connectivity index (χ4v) is 1.99. The highest BCUT2D eigenvalue weighted by molar-refractivity contribution is 5.84. The van der Waals surface area contributed by atoms with Crippen LogP contribution in [0.3, 0.4) is 0 Å². The van der Waals surface area contributed by atoms with E-state index in [4.69, 9.17) is 19.0 Å². The molecule has 0 radical (unpaired) electrons. The van der Waals surface area contributed by atoms with Crippen molar-refractivity contribution in [3.8, 4) is 6.08 Å². The van der Waals surface area contributed by atoms with Gasteiger partial charge in [-0.1, -0.05) is 0 Å². The van der Waals surface area contributed by atoms with Crippen molar-refractivity contribution in [1.29, 1.82) is 0 Å². The van der Waals surface area contributed by atoms with Gasteiger partial charge in [-0.2, -0.15) is 4.98 Å². The van der Waals surface area contributed by atoms with E-state index in [9.17, 15) is 4.79 Å². The zero-order valence-corrected chi connectivity index (χ0v) is 9.75. The van der Waals surface area contributed by atoms with Crippen LogP contribution in [0.2, 0.25) is 0 Å². The molecule has 1 N–H and O–H groups in total. The monoisotopic (exact) mass is 241 g/mol. The van der Waals surface area contributed by atoms with E-state index in [0.29, 0.717) is 0 Å². The molecule has 0 amide bonds. The number of rotatable bonds is 3. The number of oxazole rings is 1. The summed E-state index contributed by atoms with van der Waals surface area (Å²) in [5.41, 5.74) is -0.145. The van der Waals surface area contributed by atoms with E-state index in [0.717, 1.165) is 19.1 Å². The van der Waals surface area contributed by atoms with Crippen LogP contribution in [-0.4, -0.2) is 34.4 Å². The number of hydrogen-bond donors (Lipinski definition) is 1. The number of carboxylic acids is 1. The smallest absolute Gasteiger partial charge is 0.394 e. The van der Waals surface area contributed by atoms with Crippen LogP contribution in [0, 0.1) is 0 Å². The average molecular weight is 241 g/mol. The van der Waals surface area contributed by atoms with E-state index < -0.39 is 5.97 Å². The van der Waals surface area contributed by atoms with E-state index in [1.54, 1.807) is 0 Å². The number of hydrogen-bond acceptors (Lipinski definition) is 5.